The van der Waals surface area contributed by atoms with E-state index in [4.69, 9.17) is 27.9 Å². The van der Waals surface area contributed by atoms with Crippen LogP contribution >= 0.6 is 23.2 Å². The monoisotopic (exact) mass is 598 g/mol. The summed E-state index contributed by atoms with van der Waals surface area (Å²) in [6.07, 6.45) is 0.868. The molecule has 2 aromatic carbocycles. The third-order valence-corrected chi connectivity index (χ3v) is 7.43. The van der Waals surface area contributed by atoms with Crippen molar-refractivity contribution in [2.75, 3.05) is 73.6 Å². The number of carbonyl (C=O) groups is 3. The molecular formula is C27H28Cl2N8O4. The van der Waals surface area contributed by atoms with Gasteiger partial charge in [0.1, 0.15) is 11.4 Å². The zero-order valence-electron chi connectivity index (χ0n) is 22.4. The van der Waals surface area contributed by atoms with Crippen molar-refractivity contribution in [1.29, 1.82) is 0 Å². The summed E-state index contributed by atoms with van der Waals surface area (Å²) in [6, 6.07) is 12.9. The first kappa shape index (κ1) is 28.2. The Balaban J connectivity index is 1.21. The summed E-state index contributed by atoms with van der Waals surface area (Å²) in [5.41, 5.74) is 2.58. The number of amides is 3. The maximum absolute atomic E-state index is 13.3. The molecule has 0 unspecified atom stereocenters. The molecule has 1 fully saturated rings. The topological polar surface area (TPSA) is 123 Å². The van der Waals surface area contributed by atoms with Gasteiger partial charge in [-0.05, 0) is 36.4 Å². The van der Waals surface area contributed by atoms with E-state index in [0.29, 0.717) is 59.2 Å². The molecule has 2 aliphatic heterocycles. The highest BCUT2D eigenvalue weighted by atomic mass is 35.5. The molecule has 1 saturated heterocycles. The SMILES string of the molecule is CNC(=O)OCC(=O)N1CCN(c2ccc(Nc3ncc4c(n3)N(C)CN(c3c(Cl)cccc3Cl)C4=O)cc2)CC1. The largest absolute Gasteiger partial charge is 0.439 e. The minimum Gasteiger partial charge on any atom is -0.439 e. The van der Waals surface area contributed by atoms with Crippen molar-refractivity contribution in [2.24, 2.45) is 0 Å². The number of aromatic nitrogens is 2. The van der Waals surface area contributed by atoms with Crippen LogP contribution in [0.25, 0.3) is 0 Å². The highest BCUT2D eigenvalue weighted by molar-refractivity contribution is 6.40. The van der Waals surface area contributed by atoms with Gasteiger partial charge in [0.15, 0.2) is 6.61 Å². The molecule has 3 amide bonds. The molecule has 14 heteroatoms. The number of halogens is 2. The van der Waals surface area contributed by atoms with Crippen LogP contribution in [0.3, 0.4) is 0 Å². The molecule has 0 bridgehead atoms. The predicted molar refractivity (Wildman–Crippen MR) is 157 cm³/mol. The number of hydrogen-bond acceptors (Lipinski definition) is 9. The summed E-state index contributed by atoms with van der Waals surface area (Å²) in [5.74, 6) is 0.346. The maximum Gasteiger partial charge on any atom is 0.407 e. The normalized spacial score (nSPS) is 15.0. The summed E-state index contributed by atoms with van der Waals surface area (Å²) in [7, 11) is 3.28. The van der Waals surface area contributed by atoms with E-state index in [9.17, 15) is 14.4 Å². The molecule has 2 N–H and O–H groups in total. The zero-order chi connectivity index (χ0) is 29.1. The Morgan fingerprint density at radius 3 is 2.37 bits per heavy atom. The van der Waals surface area contributed by atoms with E-state index in [1.807, 2.05) is 36.2 Å². The summed E-state index contributed by atoms with van der Waals surface area (Å²) < 4.78 is 4.85. The average molecular weight is 599 g/mol. The summed E-state index contributed by atoms with van der Waals surface area (Å²) >= 11 is 12.7. The number of ether oxygens (including phenoxy) is 1. The number of benzene rings is 2. The fraction of sp³-hybridized carbons (Fsp3) is 0.296. The van der Waals surface area contributed by atoms with Crippen molar-refractivity contribution >= 4 is 69.9 Å². The van der Waals surface area contributed by atoms with E-state index in [2.05, 4.69) is 25.5 Å². The van der Waals surface area contributed by atoms with Crippen molar-refractivity contribution in [3.05, 3.63) is 64.3 Å². The van der Waals surface area contributed by atoms with Gasteiger partial charge in [-0.1, -0.05) is 29.3 Å². The lowest BCUT2D eigenvalue weighted by molar-refractivity contribution is -0.134. The van der Waals surface area contributed by atoms with E-state index in [1.54, 1.807) is 23.1 Å². The minimum absolute atomic E-state index is 0.217. The quantitative estimate of drug-likeness (QED) is 0.438. The molecule has 0 atom stereocenters. The van der Waals surface area contributed by atoms with Gasteiger partial charge < -0.3 is 30.1 Å². The standard InChI is InChI=1S/C27H28Cl2N8O4/c1-30-27(40)41-15-22(38)36-12-10-35(11-13-36)18-8-6-17(7-9-18)32-26-31-14-19-24(33-26)34(2)16-37(25(19)39)23-20(28)4-3-5-21(23)29/h3-9,14H,10-13,15-16H2,1-2H3,(H,30,40)(H,31,32,33). The highest BCUT2D eigenvalue weighted by Gasteiger charge is 2.32. The Bertz CT molecular complexity index is 1440. The number of anilines is 5. The molecule has 0 radical (unpaired) electrons. The van der Waals surface area contributed by atoms with Crippen molar-refractivity contribution in [3.63, 3.8) is 0 Å². The maximum atomic E-state index is 13.3. The molecule has 2 aliphatic rings. The zero-order valence-corrected chi connectivity index (χ0v) is 23.9. The number of hydrogen-bond donors (Lipinski definition) is 2. The first-order valence-electron chi connectivity index (χ1n) is 12.8. The third kappa shape index (κ3) is 6.08. The first-order chi connectivity index (χ1) is 19.7. The second-order valence-electron chi connectivity index (χ2n) is 9.44. The molecule has 0 spiro atoms. The van der Waals surface area contributed by atoms with E-state index in [0.717, 1.165) is 11.4 Å². The lowest BCUT2D eigenvalue weighted by atomic mass is 10.2. The molecule has 0 saturated carbocycles. The van der Waals surface area contributed by atoms with Gasteiger partial charge in [-0.15, -0.1) is 0 Å². The molecule has 0 aliphatic carbocycles. The van der Waals surface area contributed by atoms with Gasteiger partial charge in [-0.25, -0.2) is 9.78 Å². The van der Waals surface area contributed by atoms with Crippen LogP contribution in [0.15, 0.2) is 48.7 Å². The summed E-state index contributed by atoms with van der Waals surface area (Å²) in [5, 5.41) is 6.28. The van der Waals surface area contributed by atoms with E-state index in [-0.39, 0.29) is 25.1 Å². The van der Waals surface area contributed by atoms with Crippen molar-refractivity contribution in [2.45, 2.75) is 0 Å². The van der Waals surface area contributed by atoms with E-state index in [1.165, 1.54) is 18.1 Å². The highest BCUT2D eigenvalue weighted by Crippen LogP contribution is 2.37. The molecule has 5 rings (SSSR count). The van der Waals surface area contributed by atoms with Crippen LogP contribution in [0, 0.1) is 0 Å². The van der Waals surface area contributed by atoms with Gasteiger partial charge in [-0.3, -0.25) is 14.5 Å². The van der Waals surface area contributed by atoms with Crippen LogP contribution in [0.4, 0.5) is 33.6 Å². The van der Waals surface area contributed by atoms with Gasteiger partial charge in [0.05, 0.1) is 22.4 Å². The first-order valence-corrected chi connectivity index (χ1v) is 13.6. The van der Waals surface area contributed by atoms with Gasteiger partial charge in [0.2, 0.25) is 5.95 Å². The number of alkyl carbamates (subject to hydrolysis) is 1. The van der Waals surface area contributed by atoms with Gasteiger partial charge in [0, 0.05) is 57.8 Å². The van der Waals surface area contributed by atoms with Crippen LogP contribution in [0.1, 0.15) is 10.4 Å². The number of nitrogens with one attached hydrogen (secondary N) is 2. The number of carbonyl (C=O) groups excluding carboxylic acids is 3. The number of rotatable bonds is 6. The van der Waals surface area contributed by atoms with Crippen LogP contribution in [0.5, 0.6) is 0 Å². The number of fused-ring (bicyclic) bond motifs is 1. The Morgan fingerprint density at radius 2 is 1.71 bits per heavy atom. The Kier molecular flexibility index (Phi) is 8.31. The van der Waals surface area contributed by atoms with Crippen LogP contribution < -0.4 is 25.3 Å². The number of piperazine rings is 1. The predicted octanol–water partition coefficient (Wildman–Crippen LogP) is 3.59. The molecule has 1 aromatic heterocycles. The van der Waals surface area contributed by atoms with Crippen LogP contribution in [0.2, 0.25) is 10.0 Å². The molecule has 214 valence electrons. The fourth-order valence-electron chi connectivity index (χ4n) is 4.67. The lowest BCUT2D eigenvalue weighted by Gasteiger charge is -2.36. The summed E-state index contributed by atoms with van der Waals surface area (Å²) in [6.45, 7) is 2.33. The molecule has 12 nitrogen and oxygen atoms in total. The van der Waals surface area contributed by atoms with E-state index >= 15 is 0 Å². The molecule has 3 aromatic rings. The molecule has 41 heavy (non-hydrogen) atoms. The molecular weight excluding hydrogens is 571 g/mol. The lowest BCUT2D eigenvalue weighted by Crippen LogP contribution is -2.50. The third-order valence-electron chi connectivity index (χ3n) is 6.82. The smallest absolute Gasteiger partial charge is 0.407 e. The average Bonchev–Trinajstić information content (AvgIpc) is 2.98. The fourth-order valence-corrected chi connectivity index (χ4v) is 5.27. The van der Waals surface area contributed by atoms with Gasteiger partial charge >= 0.3 is 6.09 Å². The Hall–Kier alpha value is -4.29. The Labute approximate surface area is 246 Å². The number of para-hydroxylation sites is 1. The summed E-state index contributed by atoms with van der Waals surface area (Å²) in [4.78, 5) is 52.9. The van der Waals surface area contributed by atoms with Crippen LogP contribution in [-0.2, 0) is 9.53 Å². The van der Waals surface area contributed by atoms with E-state index < -0.39 is 6.09 Å². The molecule has 3 heterocycles. The van der Waals surface area contributed by atoms with Crippen molar-refractivity contribution < 1.29 is 19.1 Å². The minimum atomic E-state index is -0.627. The second-order valence-corrected chi connectivity index (χ2v) is 10.3. The second kappa shape index (κ2) is 12.1. The van der Waals surface area contributed by atoms with Gasteiger partial charge in [0.25, 0.3) is 11.8 Å². The van der Waals surface area contributed by atoms with Crippen molar-refractivity contribution in [1.82, 2.24) is 20.2 Å². The van der Waals surface area contributed by atoms with Crippen molar-refractivity contribution in [3.8, 4) is 0 Å². The van der Waals surface area contributed by atoms with Crippen LogP contribution in [-0.4, -0.2) is 86.3 Å². The Morgan fingerprint density at radius 1 is 1.02 bits per heavy atom. The van der Waals surface area contributed by atoms with Gasteiger partial charge in [-0.2, -0.15) is 4.98 Å². The number of nitrogens with zero attached hydrogens (tertiary/aromatic N) is 6.